The van der Waals surface area contributed by atoms with Gasteiger partial charge in [-0.05, 0) is 24.6 Å². The van der Waals surface area contributed by atoms with Gasteiger partial charge in [0, 0.05) is 11.5 Å². The smallest absolute Gasteiger partial charge is 0.321 e. The first-order chi connectivity index (χ1) is 10.5. The van der Waals surface area contributed by atoms with E-state index in [1.54, 1.807) is 13.1 Å². The van der Waals surface area contributed by atoms with Crippen molar-refractivity contribution in [3.05, 3.63) is 34.9 Å². The fourth-order valence-corrected chi connectivity index (χ4v) is 2.68. The van der Waals surface area contributed by atoms with E-state index in [-0.39, 0.29) is 5.91 Å². The normalized spacial score (nSPS) is 11.8. The number of amides is 3. The van der Waals surface area contributed by atoms with Gasteiger partial charge in [-0.1, -0.05) is 39.8 Å². The Balaban J connectivity index is 2.01. The molecule has 2 aromatic rings. The molecule has 0 aliphatic rings. The predicted molar refractivity (Wildman–Crippen MR) is 89.6 cm³/mol. The molecule has 1 aromatic carbocycles. The van der Waals surface area contributed by atoms with Crippen molar-refractivity contribution in [1.29, 1.82) is 0 Å². The van der Waals surface area contributed by atoms with Gasteiger partial charge in [-0.15, -0.1) is 0 Å². The number of H-pyrrole nitrogens is 1. The van der Waals surface area contributed by atoms with E-state index in [2.05, 4.69) is 36.5 Å². The molecule has 0 saturated heterocycles. The zero-order valence-electron chi connectivity index (χ0n) is 12.0. The highest BCUT2D eigenvalue weighted by molar-refractivity contribution is 9.10. The molecular formula is C14H15BrN4O2S. The van der Waals surface area contributed by atoms with Crippen molar-refractivity contribution >= 4 is 39.6 Å². The third-order valence-corrected chi connectivity index (χ3v) is 4.36. The summed E-state index contributed by atoms with van der Waals surface area (Å²) in [5.74, 6) is -0.369. The molecule has 0 spiro atoms. The van der Waals surface area contributed by atoms with Crippen molar-refractivity contribution < 1.29 is 9.59 Å². The lowest BCUT2D eigenvalue weighted by atomic mass is 10.2. The largest absolute Gasteiger partial charge is 0.341 e. The van der Waals surface area contributed by atoms with E-state index < -0.39 is 11.3 Å². The van der Waals surface area contributed by atoms with Crippen LogP contribution in [0.4, 0.5) is 4.79 Å². The molecule has 3 N–H and O–H groups in total. The number of aromatic nitrogens is 2. The lowest BCUT2D eigenvalue weighted by Gasteiger charge is -2.08. The highest BCUT2D eigenvalue weighted by Gasteiger charge is 2.18. The molecular weight excluding hydrogens is 368 g/mol. The van der Waals surface area contributed by atoms with Gasteiger partial charge in [-0.3, -0.25) is 10.1 Å². The monoisotopic (exact) mass is 382 g/mol. The van der Waals surface area contributed by atoms with Crippen LogP contribution in [-0.2, 0) is 4.79 Å². The Kier molecular flexibility index (Phi) is 5.62. The van der Waals surface area contributed by atoms with Gasteiger partial charge in [0.2, 0.25) is 5.91 Å². The Hall–Kier alpha value is -1.80. The van der Waals surface area contributed by atoms with E-state index in [9.17, 15) is 9.59 Å². The number of nitrogens with one attached hydrogen (secondary N) is 3. The molecule has 0 fully saturated rings. The van der Waals surface area contributed by atoms with Crippen LogP contribution in [0.2, 0.25) is 0 Å². The molecule has 116 valence electrons. The Morgan fingerprint density at radius 1 is 1.32 bits per heavy atom. The van der Waals surface area contributed by atoms with Crippen LogP contribution in [0.5, 0.6) is 0 Å². The average Bonchev–Trinajstić information content (AvgIpc) is 2.96. The van der Waals surface area contributed by atoms with Crippen LogP contribution >= 0.6 is 27.7 Å². The van der Waals surface area contributed by atoms with Crippen LogP contribution in [0.25, 0.3) is 11.3 Å². The van der Waals surface area contributed by atoms with E-state index in [0.717, 1.165) is 15.7 Å². The molecule has 6 nitrogen and oxygen atoms in total. The lowest BCUT2D eigenvalue weighted by molar-refractivity contribution is -0.119. The Morgan fingerprint density at radius 3 is 2.64 bits per heavy atom. The number of carbonyl (C=O) groups is 2. The minimum atomic E-state index is -0.521. The number of imide groups is 1. The van der Waals surface area contributed by atoms with E-state index >= 15 is 0 Å². The molecule has 0 aliphatic heterocycles. The van der Waals surface area contributed by atoms with E-state index in [4.69, 9.17) is 0 Å². The molecule has 0 aliphatic carbocycles. The molecule has 8 heteroatoms. The molecule has 1 atom stereocenters. The molecule has 3 amide bonds. The summed E-state index contributed by atoms with van der Waals surface area (Å²) >= 11 is 4.65. The molecule has 0 radical (unpaired) electrons. The maximum atomic E-state index is 11.8. The number of imidazole rings is 1. The summed E-state index contributed by atoms with van der Waals surface area (Å²) in [6.45, 7) is 1.71. The summed E-state index contributed by atoms with van der Waals surface area (Å²) in [5, 5.41) is 4.75. The second kappa shape index (κ2) is 7.46. The van der Waals surface area contributed by atoms with Gasteiger partial charge in [0.1, 0.15) is 0 Å². The van der Waals surface area contributed by atoms with Crippen molar-refractivity contribution in [1.82, 2.24) is 20.6 Å². The van der Waals surface area contributed by atoms with E-state index in [1.165, 1.54) is 18.8 Å². The summed E-state index contributed by atoms with van der Waals surface area (Å²) in [7, 11) is 1.46. The third-order valence-electron chi connectivity index (χ3n) is 2.83. The van der Waals surface area contributed by atoms with Crippen molar-refractivity contribution in [3.8, 4) is 11.3 Å². The topological polar surface area (TPSA) is 86.9 Å². The SMILES string of the molecule is CNC(=O)NC(=O)C(C)Sc1ncc(-c2ccc(Br)cc2)[nH]1. The number of halogens is 1. The van der Waals surface area contributed by atoms with Crippen molar-refractivity contribution in [2.75, 3.05) is 7.05 Å². The average molecular weight is 383 g/mol. The predicted octanol–water partition coefficient (Wildman–Crippen LogP) is 2.78. The number of benzene rings is 1. The number of hydrogen-bond acceptors (Lipinski definition) is 4. The number of carbonyl (C=O) groups excluding carboxylic acids is 2. The second-order valence-electron chi connectivity index (χ2n) is 4.44. The molecule has 1 unspecified atom stereocenters. The third kappa shape index (κ3) is 4.35. The van der Waals surface area contributed by atoms with Gasteiger partial charge in [0.15, 0.2) is 5.16 Å². The van der Waals surface area contributed by atoms with Gasteiger partial charge in [-0.2, -0.15) is 0 Å². The van der Waals surface area contributed by atoms with Gasteiger partial charge >= 0.3 is 6.03 Å². The summed E-state index contributed by atoms with van der Waals surface area (Å²) < 4.78 is 1.00. The standard InChI is InChI=1S/C14H15BrN4O2S/c1-8(12(20)19-13(21)16-2)22-14-17-7-11(18-14)9-3-5-10(15)6-4-9/h3-8H,1-2H3,(H,17,18)(H2,16,19,20,21). The highest BCUT2D eigenvalue weighted by atomic mass is 79.9. The quantitative estimate of drug-likeness (QED) is 0.709. The van der Waals surface area contributed by atoms with Gasteiger partial charge in [-0.25, -0.2) is 9.78 Å². The Morgan fingerprint density at radius 2 is 2.00 bits per heavy atom. The Labute approximate surface area is 140 Å². The summed E-state index contributed by atoms with van der Waals surface area (Å²) in [6, 6.07) is 7.30. The molecule has 1 aromatic heterocycles. The van der Waals surface area contributed by atoms with Crippen LogP contribution in [-0.4, -0.2) is 34.2 Å². The van der Waals surface area contributed by atoms with Crippen LogP contribution in [0, 0.1) is 0 Å². The minimum absolute atomic E-state index is 0.369. The van der Waals surface area contributed by atoms with Gasteiger partial charge in [0.05, 0.1) is 17.1 Å². The number of thioether (sulfide) groups is 1. The van der Waals surface area contributed by atoms with E-state index in [1.807, 2.05) is 24.3 Å². The molecule has 2 rings (SSSR count). The summed E-state index contributed by atoms with van der Waals surface area (Å²) in [5.41, 5.74) is 1.87. The lowest BCUT2D eigenvalue weighted by Crippen LogP contribution is -2.41. The number of nitrogens with zero attached hydrogens (tertiary/aromatic N) is 1. The zero-order chi connectivity index (χ0) is 16.1. The zero-order valence-corrected chi connectivity index (χ0v) is 14.4. The molecule has 22 heavy (non-hydrogen) atoms. The summed E-state index contributed by atoms with van der Waals surface area (Å²) in [4.78, 5) is 30.3. The van der Waals surface area contributed by atoms with Crippen molar-refractivity contribution in [2.45, 2.75) is 17.3 Å². The molecule has 1 heterocycles. The van der Waals surface area contributed by atoms with Crippen molar-refractivity contribution in [2.24, 2.45) is 0 Å². The maximum absolute atomic E-state index is 11.8. The fourth-order valence-electron chi connectivity index (χ4n) is 1.64. The first-order valence-corrected chi connectivity index (χ1v) is 8.17. The highest BCUT2D eigenvalue weighted by Crippen LogP contribution is 2.25. The van der Waals surface area contributed by atoms with Crippen LogP contribution in [0.3, 0.4) is 0 Å². The number of hydrogen-bond donors (Lipinski definition) is 3. The summed E-state index contributed by atoms with van der Waals surface area (Å²) in [6.07, 6.45) is 1.72. The molecule has 0 bridgehead atoms. The fraction of sp³-hybridized carbons (Fsp3) is 0.214. The first-order valence-electron chi connectivity index (χ1n) is 6.49. The molecule has 0 saturated carbocycles. The van der Waals surface area contributed by atoms with Crippen LogP contribution < -0.4 is 10.6 Å². The number of rotatable bonds is 4. The van der Waals surface area contributed by atoms with Crippen LogP contribution in [0.1, 0.15) is 6.92 Å². The number of aromatic amines is 1. The van der Waals surface area contributed by atoms with Crippen LogP contribution in [0.15, 0.2) is 40.1 Å². The van der Waals surface area contributed by atoms with Gasteiger partial charge < -0.3 is 10.3 Å². The maximum Gasteiger partial charge on any atom is 0.321 e. The minimum Gasteiger partial charge on any atom is -0.341 e. The van der Waals surface area contributed by atoms with Crippen molar-refractivity contribution in [3.63, 3.8) is 0 Å². The van der Waals surface area contributed by atoms with E-state index in [0.29, 0.717) is 5.16 Å². The first kappa shape index (κ1) is 16.6. The Bertz CT molecular complexity index is 672. The number of urea groups is 1. The second-order valence-corrected chi connectivity index (χ2v) is 6.68. The van der Waals surface area contributed by atoms with Gasteiger partial charge in [0.25, 0.3) is 0 Å².